The van der Waals surface area contributed by atoms with Crippen LogP contribution in [-0.4, -0.2) is 37.2 Å². The largest absolute Gasteiger partial charge is 0.337 e. The number of nitriles is 1. The lowest BCUT2D eigenvalue weighted by Crippen LogP contribution is -2.64. The quantitative estimate of drug-likeness (QED) is 0.769. The SMILES string of the molecule is CC1(C)CCCC(C)(C)N1N(CCC#N)P(O)O. The van der Waals surface area contributed by atoms with Crippen LogP contribution in [0.15, 0.2) is 0 Å². The minimum absolute atomic E-state index is 0.122. The van der Waals surface area contributed by atoms with Gasteiger partial charge in [-0.15, -0.1) is 0 Å². The predicted octanol–water partition coefficient (Wildman–Crippen LogP) is 2.37. The summed E-state index contributed by atoms with van der Waals surface area (Å²) in [5, 5.41) is 10.8. The van der Waals surface area contributed by atoms with Crippen molar-refractivity contribution in [3.63, 3.8) is 0 Å². The second kappa shape index (κ2) is 5.81. The third-order valence-corrected chi connectivity index (χ3v) is 4.38. The van der Waals surface area contributed by atoms with Crippen molar-refractivity contribution < 1.29 is 9.79 Å². The van der Waals surface area contributed by atoms with Crippen LogP contribution in [0, 0.1) is 11.3 Å². The predicted molar refractivity (Wildman–Crippen MR) is 72.1 cm³/mol. The normalized spacial score (nSPS) is 23.3. The first-order valence-electron chi connectivity index (χ1n) is 6.35. The highest BCUT2D eigenvalue weighted by molar-refractivity contribution is 7.42. The molecule has 0 amide bonds. The Morgan fingerprint density at radius 2 is 1.72 bits per heavy atom. The fourth-order valence-corrected chi connectivity index (χ4v) is 3.95. The molecule has 1 fully saturated rings. The smallest absolute Gasteiger partial charge is 0.268 e. The summed E-state index contributed by atoms with van der Waals surface area (Å²) in [6.45, 7) is 8.83. The van der Waals surface area contributed by atoms with E-state index < -0.39 is 8.53 Å². The Morgan fingerprint density at radius 3 is 2.11 bits per heavy atom. The molecule has 1 aliphatic heterocycles. The highest BCUT2D eigenvalue weighted by Crippen LogP contribution is 2.45. The van der Waals surface area contributed by atoms with Crippen molar-refractivity contribution in [2.45, 2.75) is 64.5 Å². The first-order valence-corrected chi connectivity index (χ1v) is 7.55. The van der Waals surface area contributed by atoms with Crippen molar-refractivity contribution in [3.8, 4) is 6.07 Å². The standard InChI is InChI=1S/C12H24N3O2P/c1-11(2)7-5-8-12(3,4)15(11)14(18(16)17)10-6-9-13/h16-17H,5-8,10H2,1-4H3. The van der Waals surface area contributed by atoms with Crippen molar-refractivity contribution in [3.05, 3.63) is 0 Å². The molecule has 0 bridgehead atoms. The lowest BCUT2D eigenvalue weighted by molar-refractivity contribution is -0.142. The molecule has 0 radical (unpaired) electrons. The highest BCUT2D eigenvalue weighted by atomic mass is 31.2. The van der Waals surface area contributed by atoms with Crippen LogP contribution in [0.5, 0.6) is 0 Å². The Bertz CT molecular complexity index is 310. The Hall–Kier alpha value is -0.240. The minimum Gasteiger partial charge on any atom is -0.337 e. The lowest BCUT2D eigenvalue weighted by atomic mass is 9.81. The third-order valence-electron chi connectivity index (χ3n) is 3.58. The van der Waals surface area contributed by atoms with Gasteiger partial charge in [-0.3, -0.25) is 0 Å². The Balaban J connectivity index is 3.00. The molecule has 1 rings (SSSR count). The zero-order valence-corrected chi connectivity index (χ0v) is 12.6. The number of nitrogens with zero attached hydrogens (tertiary/aromatic N) is 3. The molecule has 0 atom stereocenters. The summed E-state index contributed by atoms with van der Waals surface area (Å²) < 4.78 is 1.58. The molecule has 1 heterocycles. The summed E-state index contributed by atoms with van der Waals surface area (Å²) in [6.07, 6.45) is 3.46. The van der Waals surface area contributed by atoms with Crippen LogP contribution in [0.1, 0.15) is 53.4 Å². The van der Waals surface area contributed by atoms with E-state index in [1.54, 1.807) is 4.78 Å². The average Bonchev–Trinajstić information content (AvgIpc) is 2.20. The molecule has 0 aliphatic carbocycles. The average molecular weight is 273 g/mol. The molecule has 1 saturated heterocycles. The van der Waals surface area contributed by atoms with Crippen LogP contribution in [0.3, 0.4) is 0 Å². The number of rotatable bonds is 4. The van der Waals surface area contributed by atoms with Crippen molar-refractivity contribution in [1.29, 1.82) is 5.26 Å². The number of hydrazine groups is 1. The summed E-state index contributed by atoms with van der Waals surface area (Å²) in [6, 6.07) is 2.07. The van der Waals surface area contributed by atoms with E-state index in [-0.39, 0.29) is 11.1 Å². The van der Waals surface area contributed by atoms with Gasteiger partial charge in [0.25, 0.3) is 8.53 Å². The Kier molecular flexibility index (Phi) is 5.11. The van der Waals surface area contributed by atoms with Gasteiger partial charge in [0.15, 0.2) is 0 Å². The first-order chi connectivity index (χ1) is 8.22. The van der Waals surface area contributed by atoms with E-state index in [1.165, 1.54) is 0 Å². The molecular weight excluding hydrogens is 249 g/mol. The maximum atomic E-state index is 9.65. The molecule has 0 aromatic carbocycles. The number of hydrogen-bond acceptors (Lipinski definition) is 5. The fourth-order valence-electron chi connectivity index (χ4n) is 3.03. The summed E-state index contributed by atoms with van der Waals surface area (Å²) >= 11 is 0. The Labute approximate surface area is 111 Å². The molecule has 5 nitrogen and oxygen atoms in total. The zero-order chi connectivity index (χ0) is 14.0. The zero-order valence-electron chi connectivity index (χ0n) is 11.7. The van der Waals surface area contributed by atoms with Crippen molar-refractivity contribution in [2.24, 2.45) is 0 Å². The van der Waals surface area contributed by atoms with E-state index in [4.69, 9.17) is 5.26 Å². The minimum atomic E-state index is -2.21. The van der Waals surface area contributed by atoms with Gasteiger partial charge in [0.05, 0.1) is 6.07 Å². The van der Waals surface area contributed by atoms with Gasteiger partial charge in [0.2, 0.25) is 0 Å². The van der Waals surface area contributed by atoms with E-state index >= 15 is 0 Å². The van der Waals surface area contributed by atoms with Crippen LogP contribution in [-0.2, 0) is 0 Å². The van der Waals surface area contributed by atoms with Gasteiger partial charge in [0.1, 0.15) is 0 Å². The van der Waals surface area contributed by atoms with Gasteiger partial charge >= 0.3 is 0 Å². The summed E-state index contributed by atoms with van der Waals surface area (Å²) in [5.41, 5.74) is -0.244. The van der Waals surface area contributed by atoms with E-state index in [0.717, 1.165) is 19.3 Å². The molecule has 0 saturated carbocycles. The molecule has 18 heavy (non-hydrogen) atoms. The molecule has 6 heteroatoms. The van der Waals surface area contributed by atoms with Crippen molar-refractivity contribution in [1.82, 2.24) is 9.79 Å². The van der Waals surface area contributed by atoms with Crippen LogP contribution in [0.2, 0.25) is 0 Å². The van der Waals surface area contributed by atoms with E-state index in [9.17, 15) is 9.79 Å². The van der Waals surface area contributed by atoms with Crippen LogP contribution < -0.4 is 0 Å². The summed E-state index contributed by atoms with van der Waals surface area (Å²) in [5.74, 6) is 0. The Morgan fingerprint density at radius 1 is 1.22 bits per heavy atom. The molecular formula is C12H24N3O2P. The molecule has 0 aromatic heterocycles. The lowest BCUT2D eigenvalue weighted by Gasteiger charge is -2.56. The van der Waals surface area contributed by atoms with Crippen molar-refractivity contribution in [2.75, 3.05) is 6.54 Å². The van der Waals surface area contributed by atoms with Gasteiger partial charge in [-0.1, -0.05) is 0 Å². The number of piperidine rings is 1. The van der Waals surface area contributed by atoms with Crippen LogP contribution >= 0.6 is 8.53 Å². The van der Waals surface area contributed by atoms with Crippen LogP contribution in [0.25, 0.3) is 0 Å². The van der Waals surface area contributed by atoms with E-state index in [1.807, 2.05) is 0 Å². The maximum absolute atomic E-state index is 9.65. The fraction of sp³-hybridized carbons (Fsp3) is 0.917. The number of hydrogen-bond donors (Lipinski definition) is 2. The summed E-state index contributed by atoms with van der Waals surface area (Å²) in [7, 11) is -2.21. The second-order valence-electron chi connectivity index (χ2n) is 6.06. The molecule has 104 valence electrons. The van der Waals surface area contributed by atoms with E-state index in [0.29, 0.717) is 13.0 Å². The maximum Gasteiger partial charge on any atom is 0.268 e. The van der Waals surface area contributed by atoms with Crippen LogP contribution in [0.4, 0.5) is 0 Å². The third kappa shape index (κ3) is 3.40. The van der Waals surface area contributed by atoms with E-state index in [2.05, 4.69) is 38.8 Å². The molecule has 0 aromatic rings. The van der Waals surface area contributed by atoms with Gasteiger partial charge in [-0.25, -0.2) is 5.01 Å². The molecule has 1 aliphatic rings. The molecule has 0 unspecified atom stereocenters. The highest BCUT2D eigenvalue weighted by Gasteiger charge is 2.46. The van der Waals surface area contributed by atoms with Crippen molar-refractivity contribution >= 4 is 8.53 Å². The topological polar surface area (TPSA) is 70.7 Å². The molecule has 0 spiro atoms. The van der Waals surface area contributed by atoms with Gasteiger partial charge in [-0.05, 0) is 47.0 Å². The monoisotopic (exact) mass is 273 g/mol. The molecule has 2 N–H and O–H groups in total. The van der Waals surface area contributed by atoms with Gasteiger partial charge < -0.3 is 9.79 Å². The summed E-state index contributed by atoms with van der Waals surface area (Å²) in [4.78, 5) is 19.3. The van der Waals surface area contributed by atoms with Gasteiger partial charge in [-0.2, -0.15) is 10.0 Å². The first kappa shape index (κ1) is 15.8. The van der Waals surface area contributed by atoms with Gasteiger partial charge in [0, 0.05) is 24.0 Å². The second-order valence-corrected chi connectivity index (χ2v) is 7.06.